The maximum Gasteiger partial charge on any atom is 0.338 e. The van der Waals surface area contributed by atoms with Crippen LogP contribution in [0.3, 0.4) is 0 Å². The number of esters is 1. The van der Waals surface area contributed by atoms with Gasteiger partial charge in [-0.1, -0.05) is 18.2 Å². The fourth-order valence-electron chi connectivity index (χ4n) is 2.60. The third-order valence-electron chi connectivity index (χ3n) is 4.09. The Balaban J connectivity index is 1.63. The van der Waals surface area contributed by atoms with Crippen LogP contribution in [0.15, 0.2) is 66.9 Å². The zero-order valence-electron chi connectivity index (χ0n) is 15.8. The number of benzene rings is 2. The van der Waals surface area contributed by atoms with Gasteiger partial charge in [0.1, 0.15) is 11.5 Å². The van der Waals surface area contributed by atoms with Gasteiger partial charge in [-0.05, 0) is 49.4 Å². The van der Waals surface area contributed by atoms with Gasteiger partial charge in [-0.15, -0.1) is 0 Å². The predicted molar refractivity (Wildman–Crippen MR) is 108 cm³/mol. The topological polar surface area (TPSA) is 80.3 Å². The Morgan fingerprint density at radius 1 is 1.03 bits per heavy atom. The van der Waals surface area contributed by atoms with E-state index in [1.54, 1.807) is 61.5 Å². The van der Waals surface area contributed by atoms with E-state index in [1.807, 2.05) is 0 Å². The van der Waals surface area contributed by atoms with Gasteiger partial charge in [0.25, 0.3) is 5.91 Å². The van der Waals surface area contributed by atoms with Gasteiger partial charge in [0.2, 0.25) is 0 Å². The normalized spacial score (nSPS) is 10.3. The number of rotatable bonds is 7. The van der Waals surface area contributed by atoms with E-state index in [0.29, 0.717) is 29.1 Å². The number of ether oxygens (including phenoxy) is 1. The summed E-state index contributed by atoms with van der Waals surface area (Å²) in [6.45, 7) is 2.32. The van der Waals surface area contributed by atoms with Crippen LogP contribution < -0.4 is 10.6 Å². The Morgan fingerprint density at radius 3 is 2.52 bits per heavy atom. The molecule has 6 nitrogen and oxygen atoms in total. The molecule has 0 unspecified atom stereocenters. The highest BCUT2D eigenvalue weighted by molar-refractivity contribution is 6.03. The molecule has 3 aromatic rings. The number of pyridine rings is 1. The summed E-state index contributed by atoms with van der Waals surface area (Å²) in [7, 11) is 0. The van der Waals surface area contributed by atoms with Gasteiger partial charge >= 0.3 is 5.97 Å². The molecule has 29 heavy (non-hydrogen) atoms. The summed E-state index contributed by atoms with van der Waals surface area (Å²) in [6.07, 6.45) is 1.50. The smallest absolute Gasteiger partial charge is 0.338 e. The minimum Gasteiger partial charge on any atom is -0.462 e. The number of amides is 1. The summed E-state index contributed by atoms with van der Waals surface area (Å²) in [5.74, 6) is -1.11. The number of aromatic nitrogens is 1. The van der Waals surface area contributed by atoms with Crippen LogP contribution in [0.2, 0.25) is 0 Å². The lowest BCUT2D eigenvalue weighted by Gasteiger charge is -2.09. The molecule has 1 heterocycles. The van der Waals surface area contributed by atoms with Gasteiger partial charge in [-0.2, -0.15) is 0 Å². The molecular formula is C22H20FN3O3. The molecule has 2 aromatic carbocycles. The van der Waals surface area contributed by atoms with E-state index < -0.39 is 11.9 Å². The molecule has 0 fully saturated rings. The number of carbonyl (C=O) groups excluding carboxylic acids is 2. The Kier molecular flexibility index (Phi) is 6.52. The first kappa shape index (κ1) is 20.0. The van der Waals surface area contributed by atoms with E-state index in [0.717, 1.165) is 0 Å². The average molecular weight is 393 g/mol. The first-order valence-corrected chi connectivity index (χ1v) is 9.08. The zero-order chi connectivity index (χ0) is 20.6. The molecule has 0 bridgehead atoms. The number of hydrogen-bond acceptors (Lipinski definition) is 5. The SMILES string of the molecule is CCOC(=O)c1ccc(NC(=O)c2cc(NCc3ccccc3F)ccn2)cc1. The molecular weight excluding hydrogens is 373 g/mol. The van der Waals surface area contributed by atoms with Crippen LogP contribution in [-0.2, 0) is 11.3 Å². The van der Waals surface area contributed by atoms with Gasteiger partial charge in [-0.25, -0.2) is 9.18 Å². The van der Waals surface area contributed by atoms with Crippen LogP contribution >= 0.6 is 0 Å². The minimum absolute atomic E-state index is 0.206. The maximum atomic E-state index is 13.7. The summed E-state index contributed by atoms with van der Waals surface area (Å²) in [4.78, 5) is 28.2. The third-order valence-corrected chi connectivity index (χ3v) is 4.09. The van der Waals surface area contributed by atoms with Gasteiger partial charge in [0, 0.05) is 29.7 Å². The Morgan fingerprint density at radius 2 is 1.79 bits per heavy atom. The van der Waals surface area contributed by atoms with Crippen LogP contribution in [0.5, 0.6) is 0 Å². The van der Waals surface area contributed by atoms with Gasteiger partial charge in [0.05, 0.1) is 12.2 Å². The van der Waals surface area contributed by atoms with Crippen molar-refractivity contribution >= 4 is 23.3 Å². The Bertz CT molecular complexity index is 1010. The second-order valence-corrected chi connectivity index (χ2v) is 6.13. The molecule has 0 saturated heterocycles. The molecule has 0 aliphatic carbocycles. The average Bonchev–Trinajstić information content (AvgIpc) is 2.74. The van der Waals surface area contributed by atoms with Gasteiger partial charge < -0.3 is 15.4 Å². The van der Waals surface area contributed by atoms with Crippen molar-refractivity contribution in [2.24, 2.45) is 0 Å². The molecule has 0 spiro atoms. The number of nitrogens with zero attached hydrogens (tertiary/aromatic N) is 1. The highest BCUT2D eigenvalue weighted by atomic mass is 19.1. The summed E-state index contributed by atoms with van der Waals surface area (Å²) in [6, 6.07) is 16.2. The maximum absolute atomic E-state index is 13.7. The van der Waals surface area contributed by atoms with Crippen LogP contribution in [0, 0.1) is 5.82 Å². The molecule has 1 aromatic heterocycles. The molecule has 148 valence electrons. The fraction of sp³-hybridized carbons (Fsp3) is 0.136. The van der Waals surface area contributed by atoms with Crippen LogP contribution in [-0.4, -0.2) is 23.5 Å². The summed E-state index contributed by atoms with van der Waals surface area (Å²) >= 11 is 0. The minimum atomic E-state index is -0.416. The molecule has 0 atom stereocenters. The standard InChI is InChI=1S/C22H20FN3O3/c1-2-29-22(28)15-7-9-17(10-8-15)26-21(27)20-13-18(11-12-24-20)25-14-16-5-3-4-6-19(16)23/h3-13H,2,14H2,1H3,(H,24,25)(H,26,27). The zero-order valence-corrected chi connectivity index (χ0v) is 15.8. The van der Waals surface area contributed by atoms with E-state index in [1.165, 1.54) is 12.3 Å². The van der Waals surface area contributed by atoms with Crippen LogP contribution in [0.4, 0.5) is 15.8 Å². The van der Waals surface area contributed by atoms with Crippen molar-refractivity contribution in [3.05, 3.63) is 89.5 Å². The lowest BCUT2D eigenvalue weighted by Crippen LogP contribution is -2.14. The highest BCUT2D eigenvalue weighted by Crippen LogP contribution is 2.15. The Hall–Kier alpha value is -3.74. The third kappa shape index (κ3) is 5.38. The molecule has 1 amide bonds. The lowest BCUT2D eigenvalue weighted by molar-refractivity contribution is 0.0526. The molecule has 7 heteroatoms. The molecule has 0 saturated carbocycles. The van der Waals surface area contributed by atoms with Crippen molar-refractivity contribution in [1.29, 1.82) is 0 Å². The number of nitrogens with one attached hydrogen (secondary N) is 2. The van der Waals surface area contributed by atoms with Crippen molar-refractivity contribution in [1.82, 2.24) is 4.98 Å². The molecule has 0 aliphatic heterocycles. The van der Waals surface area contributed by atoms with Crippen molar-refractivity contribution in [2.75, 3.05) is 17.2 Å². The van der Waals surface area contributed by atoms with Crippen molar-refractivity contribution in [3.63, 3.8) is 0 Å². The monoisotopic (exact) mass is 393 g/mol. The van der Waals surface area contributed by atoms with Crippen LogP contribution in [0.1, 0.15) is 33.3 Å². The molecule has 0 radical (unpaired) electrons. The molecule has 3 rings (SSSR count). The van der Waals surface area contributed by atoms with Gasteiger partial charge in [-0.3, -0.25) is 9.78 Å². The van der Waals surface area contributed by atoms with E-state index >= 15 is 0 Å². The summed E-state index contributed by atoms with van der Waals surface area (Å²) in [5.41, 5.74) is 2.30. The quantitative estimate of drug-likeness (QED) is 0.586. The van der Waals surface area contributed by atoms with Crippen LogP contribution in [0.25, 0.3) is 0 Å². The lowest BCUT2D eigenvalue weighted by atomic mass is 10.2. The number of halogens is 1. The highest BCUT2D eigenvalue weighted by Gasteiger charge is 2.11. The second kappa shape index (κ2) is 9.45. The van der Waals surface area contributed by atoms with E-state index in [4.69, 9.17) is 4.74 Å². The van der Waals surface area contributed by atoms with E-state index in [9.17, 15) is 14.0 Å². The largest absolute Gasteiger partial charge is 0.462 e. The van der Waals surface area contributed by atoms with Gasteiger partial charge in [0.15, 0.2) is 0 Å². The first-order valence-electron chi connectivity index (χ1n) is 9.08. The van der Waals surface area contributed by atoms with E-state index in [-0.39, 0.29) is 18.1 Å². The number of anilines is 2. The molecule has 0 aliphatic rings. The number of hydrogen-bond donors (Lipinski definition) is 2. The summed E-state index contributed by atoms with van der Waals surface area (Å²) < 4.78 is 18.6. The van der Waals surface area contributed by atoms with Crippen molar-refractivity contribution < 1.29 is 18.7 Å². The molecule has 2 N–H and O–H groups in total. The summed E-state index contributed by atoms with van der Waals surface area (Å²) in [5, 5.41) is 5.81. The van der Waals surface area contributed by atoms with E-state index in [2.05, 4.69) is 15.6 Å². The Labute approximate surface area is 167 Å². The predicted octanol–water partition coefficient (Wildman–Crippen LogP) is 4.26. The van der Waals surface area contributed by atoms with Crippen molar-refractivity contribution in [3.8, 4) is 0 Å². The fourth-order valence-corrected chi connectivity index (χ4v) is 2.60. The van der Waals surface area contributed by atoms with Crippen molar-refractivity contribution in [2.45, 2.75) is 13.5 Å². The second-order valence-electron chi connectivity index (χ2n) is 6.13. The first-order chi connectivity index (χ1) is 14.1. The number of carbonyl (C=O) groups is 2.